The van der Waals surface area contributed by atoms with E-state index in [-0.39, 0.29) is 12.4 Å². The molecule has 0 heterocycles. The minimum atomic E-state index is -0.290. The Balaban J connectivity index is 2.06. The van der Waals surface area contributed by atoms with E-state index in [9.17, 15) is 4.39 Å². The summed E-state index contributed by atoms with van der Waals surface area (Å²) in [6.07, 6.45) is 0. The summed E-state index contributed by atoms with van der Waals surface area (Å²) in [5.74, 6) is -0.290. The average Bonchev–Trinajstić information content (AvgIpc) is 2.53. The molecule has 0 atom stereocenters. The molecular formula is C16H18FN3O. The third kappa shape index (κ3) is 4.36. The molecule has 2 rings (SSSR count). The van der Waals surface area contributed by atoms with Crippen molar-refractivity contribution in [2.75, 3.05) is 24.6 Å². The quantitative estimate of drug-likeness (QED) is 0.814. The largest absolute Gasteiger partial charge is 0.395 e. The maximum atomic E-state index is 12.8. The van der Waals surface area contributed by atoms with Crippen LogP contribution >= 0.6 is 0 Å². The lowest BCUT2D eigenvalue weighted by Crippen LogP contribution is -2.25. The summed E-state index contributed by atoms with van der Waals surface area (Å²) in [6, 6.07) is 13.5. The lowest BCUT2D eigenvalue weighted by molar-refractivity contribution is 0.302. The Labute approximate surface area is 123 Å². The van der Waals surface area contributed by atoms with Crippen LogP contribution in [0.4, 0.5) is 21.5 Å². The number of hydrogen-bond acceptors (Lipinski definition) is 4. The molecule has 1 N–H and O–H groups in total. The number of hydrogen-bond donors (Lipinski definition) is 1. The van der Waals surface area contributed by atoms with E-state index < -0.39 is 0 Å². The molecule has 0 bridgehead atoms. The predicted octanol–water partition coefficient (Wildman–Crippen LogP) is 4.06. The van der Waals surface area contributed by atoms with E-state index in [0.29, 0.717) is 12.2 Å². The van der Waals surface area contributed by atoms with Crippen molar-refractivity contribution in [2.24, 2.45) is 10.2 Å². The molecule has 0 aliphatic carbocycles. The molecule has 0 spiro atoms. The third-order valence-corrected chi connectivity index (χ3v) is 3.07. The van der Waals surface area contributed by atoms with Gasteiger partial charge in [0.2, 0.25) is 0 Å². The lowest BCUT2D eigenvalue weighted by atomic mass is 10.2. The van der Waals surface area contributed by atoms with Crippen molar-refractivity contribution < 1.29 is 9.50 Å². The highest BCUT2D eigenvalue weighted by atomic mass is 19.1. The maximum absolute atomic E-state index is 12.8. The fourth-order valence-electron chi connectivity index (χ4n) is 1.94. The second-order valence-corrected chi connectivity index (χ2v) is 4.50. The van der Waals surface area contributed by atoms with E-state index in [1.165, 1.54) is 12.1 Å². The van der Waals surface area contributed by atoms with Gasteiger partial charge < -0.3 is 10.0 Å². The average molecular weight is 287 g/mol. The lowest BCUT2D eigenvalue weighted by Gasteiger charge is -2.21. The van der Waals surface area contributed by atoms with Crippen LogP contribution in [-0.2, 0) is 0 Å². The van der Waals surface area contributed by atoms with Gasteiger partial charge in [-0.2, -0.15) is 10.2 Å². The standard InChI is InChI=1S/C16H18FN3O/c1-2-20(11-12-21)16-9-7-15(8-10-16)19-18-14-5-3-13(17)4-6-14/h3-10,21H,2,11-12H2,1H3. The first kappa shape index (κ1) is 15.1. The Morgan fingerprint density at radius 3 is 1.95 bits per heavy atom. The molecule has 4 nitrogen and oxygen atoms in total. The number of nitrogens with zero attached hydrogens (tertiary/aromatic N) is 3. The van der Waals surface area contributed by atoms with E-state index in [2.05, 4.69) is 15.1 Å². The molecule has 0 amide bonds. The molecular weight excluding hydrogens is 269 g/mol. The highest BCUT2D eigenvalue weighted by molar-refractivity contribution is 5.52. The minimum absolute atomic E-state index is 0.125. The number of aliphatic hydroxyl groups is 1. The van der Waals surface area contributed by atoms with E-state index in [0.717, 1.165) is 17.9 Å². The number of benzene rings is 2. The summed E-state index contributed by atoms with van der Waals surface area (Å²) < 4.78 is 12.8. The number of aliphatic hydroxyl groups excluding tert-OH is 1. The van der Waals surface area contributed by atoms with Crippen molar-refractivity contribution in [1.82, 2.24) is 0 Å². The molecule has 0 fully saturated rings. The van der Waals surface area contributed by atoms with Crippen molar-refractivity contribution in [1.29, 1.82) is 0 Å². The Morgan fingerprint density at radius 1 is 0.952 bits per heavy atom. The van der Waals surface area contributed by atoms with Gasteiger partial charge in [0.1, 0.15) is 5.82 Å². The molecule has 0 aliphatic heterocycles. The first-order valence-electron chi connectivity index (χ1n) is 6.86. The molecule has 2 aromatic rings. The highest BCUT2D eigenvalue weighted by Crippen LogP contribution is 2.22. The second-order valence-electron chi connectivity index (χ2n) is 4.50. The zero-order valence-electron chi connectivity index (χ0n) is 11.9. The van der Waals surface area contributed by atoms with Gasteiger partial charge in [0, 0.05) is 18.8 Å². The van der Waals surface area contributed by atoms with Crippen molar-refractivity contribution in [3.8, 4) is 0 Å². The molecule has 0 aromatic heterocycles. The molecule has 0 radical (unpaired) electrons. The third-order valence-electron chi connectivity index (χ3n) is 3.07. The van der Waals surface area contributed by atoms with Crippen molar-refractivity contribution in [2.45, 2.75) is 6.92 Å². The van der Waals surface area contributed by atoms with Gasteiger partial charge in [0.25, 0.3) is 0 Å². The van der Waals surface area contributed by atoms with Gasteiger partial charge >= 0.3 is 0 Å². The van der Waals surface area contributed by atoms with Crippen LogP contribution in [0, 0.1) is 5.82 Å². The van der Waals surface area contributed by atoms with Gasteiger partial charge in [0.15, 0.2) is 0 Å². The summed E-state index contributed by atoms with van der Waals surface area (Å²) in [5, 5.41) is 17.2. The fraction of sp³-hybridized carbons (Fsp3) is 0.250. The van der Waals surface area contributed by atoms with Crippen LogP contribution in [-0.4, -0.2) is 24.8 Å². The zero-order valence-corrected chi connectivity index (χ0v) is 11.9. The number of azo groups is 1. The van der Waals surface area contributed by atoms with E-state index in [4.69, 9.17) is 5.11 Å². The highest BCUT2D eigenvalue weighted by Gasteiger charge is 2.02. The normalized spacial score (nSPS) is 11.0. The Kier molecular flexibility index (Phi) is 5.40. The zero-order chi connectivity index (χ0) is 15.1. The molecule has 0 unspecified atom stereocenters. The number of anilines is 1. The molecule has 110 valence electrons. The van der Waals surface area contributed by atoms with Crippen LogP contribution in [0.2, 0.25) is 0 Å². The topological polar surface area (TPSA) is 48.2 Å². The SMILES string of the molecule is CCN(CCO)c1ccc(N=Nc2ccc(F)cc2)cc1. The van der Waals surface area contributed by atoms with Gasteiger partial charge in [-0.05, 0) is 55.5 Å². The number of halogens is 1. The summed E-state index contributed by atoms with van der Waals surface area (Å²) in [6.45, 7) is 3.60. The molecule has 0 saturated carbocycles. The Hall–Kier alpha value is -2.27. The molecule has 2 aromatic carbocycles. The summed E-state index contributed by atoms with van der Waals surface area (Å²) in [4.78, 5) is 2.07. The van der Waals surface area contributed by atoms with Gasteiger partial charge in [-0.15, -0.1) is 0 Å². The van der Waals surface area contributed by atoms with Crippen molar-refractivity contribution >= 4 is 17.1 Å². The van der Waals surface area contributed by atoms with E-state index >= 15 is 0 Å². The molecule has 0 aliphatic rings. The second kappa shape index (κ2) is 7.50. The van der Waals surface area contributed by atoms with Crippen molar-refractivity contribution in [3.63, 3.8) is 0 Å². The van der Waals surface area contributed by atoms with Crippen molar-refractivity contribution in [3.05, 3.63) is 54.3 Å². The number of likely N-dealkylation sites (N-methyl/N-ethyl adjacent to an activating group) is 1. The predicted molar refractivity (Wildman–Crippen MR) is 82.0 cm³/mol. The Morgan fingerprint density at radius 2 is 1.48 bits per heavy atom. The summed E-state index contributed by atoms with van der Waals surface area (Å²) >= 11 is 0. The van der Waals surface area contributed by atoms with Gasteiger partial charge in [-0.3, -0.25) is 0 Å². The first-order chi connectivity index (χ1) is 10.2. The summed E-state index contributed by atoms with van der Waals surface area (Å²) in [7, 11) is 0. The maximum Gasteiger partial charge on any atom is 0.123 e. The molecule has 21 heavy (non-hydrogen) atoms. The van der Waals surface area contributed by atoms with Crippen LogP contribution in [0.15, 0.2) is 58.8 Å². The molecule has 5 heteroatoms. The fourth-order valence-corrected chi connectivity index (χ4v) is 1.94. The first-order valence-corrected chi connectivity index (χ1v) is 6.86. The molecule has 0 saturated heterocycles. The van der Waals surface area contributed by atoms with Crippen LogP contribution < -0.4 is 4.90 Å². The smallest absolute Gasteiger partial charge is 0.123 e. The Bertz CT molecular complexity index is 581. The van der Waals surface area contributed by atoms with Gasteiger partial charge in [0.05, 0.1) is 18.0 Å². The monoisotopic (exact) mass is 287 g/mol. The van der Waals surface area contributed by atoms with Gasteiger partial charge in [-0.1, -0.05) is 0 Å². The van der Waals surface area contributed by atoms with Crippen LogP contribution in [0.3, 0.4) is 0 Å². The van der Waals surface area contributed by atoms with Gasteiger partial charge in [-0.25, -0.2) is 4.39 Å². The van der Waals surface area contributed by atoms with Crippen LogP contribution in [0.25, 0.3) is 0 Å². The van der Waals surface area contributed by atoms with Crippen LogP contribution in [0.5, 0.6) is 0 Å². The minimum Gasteiger partial charge on any atom is -0.395 e. The number of rotatable bonds is 6. The van der Waals surface area contributed by atoms with E-state index in [1.807, 2.05) is 31.2 Å². The van der Waals surface area contributed by atoms with Crippen LogP contribution in [0.1, 0.15) is 6.92 Å². The summed E-state index contributed by atoms with van der Waals surface area (Å²) in [5.41, 5.74) is 2.37. The van der Waals surface area contributed by atoms with E-state index in [1.54, 1.807) is 12.1 Å².